The lowest BCUT2D eigenvalue weighted by Gasteiger charge is -2.25. The number of imidazole rings is 1. The Labute approximate surface area is 136 Å². The molecule has 2 aromatic rings. The predicted molar refractivity (Wildman–Crippen MR) is 94.1 cm³/mol. The van der Waals surface area contributed by atoms with E-state index in [9.17, 15) is 4.57 Å². The number of nitrogens with zero attached hydrogens (tertiary/aromatic N) is 4. The van der Waals surface area contributed by atoms with Gasteiger partial charge in [-0.1, -0.05) is 39.3 Å². The second-order valence-electron chi connectivity index (χ2n) is 6.78. The molecule has 0 radical (unpaired) electrons. The van der Waals surface area contributed by atoms with E-state index in [-0.39, 0.29) is 17.0 Å². The Kier molecular flexibility index (Phi) is 4.05. The van der Waals surface area contributed by atoms with Gasteiger partial charge in [0.25, 0.3) is 0 Å². The standard InChI is InChI=1S/C16H24N5OP/c1-10(2)23(22,11(3)4)13-7-12(13)5-6-21-9-20-14-15(17)18-8-19-16(14)21/h5,8-11,13H,6-7H2,1-4H3,(H2,17,18,19)/b12-5-. The number of anilines is 1. The van der Waals surface area contributed by atoms with Gasteiger partial charge in [0.1, 0.15) is 11.8 Å². The number of allylic oxidation sites excluding steroid dienone is 2. The highest BCUT2D eigenvalue weighted by Gasteiger charge is 2.48. The Hall–Kier alpha value is -1.68. The maximum absolute atomic E-state index is 13.3. The molecule has 2 N–H and O–H groups in total. The molecule has 1 atom stereocenters. The van der Waals surface area contributed by atoms with E-state index in [1.165, 1.54) is 11.9 Å². The van der Waals surface area contributed by atoms with Crippen molar-refractivity contribution in [2.24, 2.45) is 0 Å². The van der Waals surface area contributed by atoms with Crippen LogP contribution < -0.4 is 5.73 Å². The molecular formula is C16H24N5OP. The van der Waals surface area contributed by atoms with Crippen molar-refractivity contribution in [3.05, 3.63) is 24.3 Å². The molecule has 0 saturated heterocycles. The quantitative estimate of drug-likeness (QED) is 0.670. The van der Waals surface area contributed by atoms with Crippen LogP contribution in [0.4, 0.5) is 5.82 Å². The highest BCUT2D eigenvalue weighted by atomic mass is 31.2. The second kappa shape index (κ2) is 5.75. The summed E-state index contributed by atoms with van der Waals surface area (Å²) < 4.78 is 15.3. The molecule has 3 rings (SSSR count). The van der Waals surface area contributed by atoms with Gasteiger partial charge in [0.15, 0.2) is 11.5 Å². The predicted octanol–water partition coefficient (Wildman–Crippen LogP) is 3.29. The molecule has 7 heteroatoms. The van der Waals surface area contributed by atoms with Crippen LogP contribution >= 0.6 is 7.14 Å². The maximum Gasteiger partial charge on any atom is 0.165 e. The first-order chi connectivity index (χ1) is 10.9. The lowest BCUT2D eigenvalue weighted by Crippen LogP contribution is -2.12. The van der Waals surface area contributed by atoms with Crippen LogP contribution in [0.2, 0.25) is 0 Å². The van der Waals surface area contributed by atoms with Crippen LogP contribution in [0.15, 0.2) is 24.3 Å². The zero-order chi connectivity index (χ0) is 16.8. The first-order valence-corrected chi connectivity index (χ1v) is 9.96. The average Bonchev–Trinajstić information content (AvgIpc) is 3.16. The first kappa shape index (κ1) is 16.2. The fraction of sp³-hybridized carbons (Fsp3) is 0.562. The van der Waals surface area contributed by atoms with Crippen LogP contribution in [-0.2, 0) is 11.1 Å². The summed E-state index contributed by atoms with van der Waals surface area (Å²) in [4.78, 5) is 12.5. The molecule has 0 aromatic carbocycles. The minimum atomic E-state index is -2.18. The van der Waals surface area contributed by atoms with Gasteiger partial charge in [0, 0.05) is 23.5 Å². The zero-order valence-electron chi connectivity index (χ0n) is 14.1. The SMILES string of the molecule is CC(C)P(=O)(C(C)C)C1C/C1=C/Cn1cnc2c(N)ncnc21. The Balaban J connectivity index is 1.80. The molecule has 124 valence electrons. The third kappa shape index (κ3) is 2.69. The van der Waals surface area contributed by atoms with Gasteiger partial charge >= 0.3 is 0 Å². The molecule has 2 aromatic heterocycles. The molecule has 1 aliphatic carbocycles. The van der Waals surface area contributed by atoms with E-state index in [2.05, 4.69) is 48.7 Å². The molecule has 2 heterocycles. The van der Waals surface area contributed by atoms with E-state index < -0.39 is 7.14 Å². The molecule has 23 heavy (non-hydrogen) atoms. The van der Waals surface area contributed by atoms with Crippen molar-refractivity contribution < 1.29 is 4.57 Å². The number of hydrogen-bond acceptors (Lipinski definition) is 5. The summed E-state index contributed by atoms with van der Waals surface area (Å²) in [6.07, 6.45) is 6.31. The van der Waals surface area contributed by atoms with Crippen molar-refractivity contribution >= 4 is 24.1 Å². The largest absolute Gasteiger partial charge is 0.382 e. The van der Waals surface area contributed by atoms with Crippen LogP contribution in [0.5, 0.6) is 0 Å². The van der Waals surface area contributed by atoms with Crippen molar-refractivity contribution in [1.82, 2.24) is 19.5 Å². The molecule has 0 bridgehead atoms. The van der Waals surface area contributed by atoms with Crippen LogP contribution in [0, 0.1) is 0 Å². The molecule has 1 fully saturated rings. The minimum absolute atomic E-state index is 0.236. The fourth-order valence-corrected chi connectivity index (χ4v) is 7.10. The molecule has 1 saturated carbocycles. The van der Waals surface area contributed by atoms with E-state index >= 15 is 0 Å². The number of nitrogens with two attached hydrogens (primary N) is 1. The van der Waals surface area contributed by atoms with Crippen LogP contribution in [0.3, 0.4) is 0 Å². The summed E-state index contributed by atoms with van der Waals surface area (Å²) in [6.45, 7) is 9.01. The minimum Gasteiger partial charge on any atom is -0.382 e. The molecule has 1 aliphatic rings. The summed E-state index contributed by atoms with van der Waals surface area (Å²) in [5, 5.41) is 0. The summed E-state index contributed by atoms with van der Waals surface area (Å²) in [7, 11) is -2.18. The molecule has 1 unspecified atom stereocenters. The Morgan fingerprint density at radius 2 is 2.00 bits per heavy atom. The Morgan fingerprint density at radius 1 is 1.30 bits per heavy atom. The lowest BCUT2D eigenvalue weighted by molar-refractivity contribution is 0.560. The average molecular weight is 333 g/mol. The molecule has 0 aliphatic heterocycles. The van der Waals surface area contributed by atoms with Crippen LogP contribution in [0.25, 0.3) is 11.2 Å². The van der Waals surface area contributed by atoms with Gasteiger partial charge in [-0.15, -0.1) is 0 Å². The number of nitrogen functional groups attached to an aromatic ring is 1. The van der Waals surface area contributed by atoms with Gasteiger partial charge in [-0.3, -0.25) is 0 Å². The fourth-order valence-electron chi connectivity index (χ4n) is 3.35. The van der Waals surface area contributed by atoms with E-state index in [1.807, 2.05) is 4.57 Å². The smallest absolute Gasteiger partial charge is 0.165 e. The van der Waals surface area contributed by atoms with Gasteiger partial charge in [-0.2, -0.15) is 0 Å². The zero-order valence-corrected chi connectivity index (χ0v) is 15.0. The van der Waals surface area contributed by atoms with Crippen molar-refractivity contribution in [3.8, 4) is 0 Å². The molecular weight excluding hydrogens is 309 g/mol. The van der Waals surface area contributed by atoms with E-state index in [0.29, 0.717) is 17.9 Å². The normalized spacial score (nSPS) is 20.1. The molecule has 6 nitrogen and oxygen atoms in total. The van der Waals surface area contributed by atoms with Crippen molar-refractivity contribution in [3.63, 3.8) is 0 Å². The van der Waals surface area contributed by atoms with Crippen molar-refractivity contribution in [2.75, 3.05) is 5.73 Å². The van der Waals surface area contributed by atoms with Gasteiger partial charge in [-0.05, 0) is 6.42 Å². The van der Waals surface area contributed by atoms with Crippen LogP contribution in [0.1, 0.15) is 34.1 Å². The molecule has 0 amide bonds. The second-order valence-corrected chi connectivity index (χ2v) is 11.0. The van der Waals surface area contributed by atoms with Crippen molar-refractivity contribution in [1.29, 1.82) is 0 Å². The topological polar surface area (TPSA) is 86.7 Å². The van der Waals surface area contributed by atoms with Crippen molar-refractivity contribution in [2.45, 2.75) is 57.6 Å². The van der Waals surface area contributed by atoms with Gasteiger partial charge < -0.3 is 14.9 Å². The summed E-state index contributed by atoms with van der Waals surface area (Å²) >= 11 is 0. The lowest BCUT2D eigenvalue weighted by atomic mass is 10.4. The van der Waals surface area contributed by atoms with E-state index in [1.54, 1.807) is 6.33 Å². The van der Waals surface area contributed by atoms with Gasteiger partial charge in [0.2, 0.25) is 0 Å². The number of fused-ring (bicyclic) bond motifs is 1. The number of aromatic nitrogens is 4. The third-order valence-electron chi connectivity index (χ3n) is 4.78. The summed E-state index contributed by atoms with van der Waals surface area (Å²) in [6, 6.07) is 0. The Morgan fingerprint density at radius 3 is 2.65 bits per heavy atom. The Bertz CT molecular complexity index is 796. The summed E-state index contributed by atoms with van der Waals surface area (Å²) in [5.74, 6) is 0.398. The first-order valence-electron chi connectivity index (χ1n) is 8.05. The monoisotopic (exact) mass is 333 g/mol. The highest BCUT2D eigenvalue weighted by Crippen LogP contribution is 2.69. The highest BCUT2D eigenvalue weighted by molar-refractivity contribution is 7.66. The number of hydrogen-bond donors (Lipinski definition) is 1. The number of rotatable bonds is 5. The third-order valence-corrected chi connectivity index (χ3v) is 9.49. The van der Waals surface area contributed by atoms with E-state index in [4.69, 9.17) is 5.73 Å². The molecule has 0 spiro atoms. The van der Waals surface area contributed by atoms with Gasteiger partial charge in [0.05, 0.1) is 13.5 Å². The maximum atomic E-state index is 13.3. The van der Waals surface area contributed by atoms with Crippen LogP contribution in [-0.4, -0.2) is 36.5 Å². The van der Waals surface area contributed by atoms with E-state index in [0.717, 1.165) is 12.1 Å². The van der Waals surface area contributed by atoms with Gasteiger partial charge in [-0.25, -0.2) is 15.0 Å². The summed E-state index contributed by atoms with van der Waals surface area (Å²) in [5.41, 5.74) is 9.21.